The minimum Gasteiger partial charge on any atom is -0.444 e. The number of aryl methyl sites for hydroxylation is 1. The van der Waals surface area contributed by atoms with Crippen molar-refractivity contribution in [3.8, 4) is 17.2 Å². The number of alkyl halides is 3. The molecule has 0 spiro atoms. The molecule has 244 valence electrons. The molecule has 0 bridgehead atoms. The maximum atomic E-state index is 15.7. The number of fused-ring (bicyclic) bond motifs is 1. The van der Waals surface area contributed by atoms with Crippen molar-refractivity contribution >= 4 is 23.3 Å². The van der Waals surface area contributed by atoms with Crippen LogP contribution in [0.1, 0.15) is 78.6 Å². The lowest BCUT2D eigenvalue weighted by Crippen LogP contribution is -2.40. The SMILES string of the molecule is CCn1cc(-c2c(F)cccc2[C@@H]2CN(C(=O)/C=C/[C@@H]3CCCN3C(=O)OC(C)(C)C)Cc3sc(C#N)c(C)c32)c(C(F)(F)F)n1. The molecule has 4 heterocycles. The molecule has 0 saturated carbocycles. The number of carbonyl (C=O) groups is 2. The van der Waals surface area contributed by atoms with Gasteiger partial charge in [-0.15, -0.1) is 11.3 Å². The first kappa shape index (κ1) is 33.2. The predicted molar refractivity (Wildman–Crippen MR) is 164 cm³/mol. The minimum atomic E-state index is -4.83. The molecular formula is C33H35F4N5O3S. The molecule has 1 fully saturated rings. The lowest BCUT2D eigenvalue weighted by molar-refractivity contribution is -0.141. The number of benzene rings is 1. The topological polar surface area (TPSA) is 91.5 Å². The van der Waals surface area contributed by atoms with E-state index in [1.54, 1.807) is 56.6 Å². The van der Waals surface area contributed by atoms with Crippen molar-refractivity contribution in [1.82, 2.24) is 19.6 Å². The van der Waals surface area contributed by atoms with Crippen molar-refractivity contribution in [3.63, 3.8) is 0 Å². The summed E-state index contributed by atoms with van der Waals surface area (Å²) in [7, 11) is 0. The maximum Gasteiger partial charge on any atom is 0.435 e. The van der Waals surface area contributed by atoms with Crippen LogP contribution in [0.5, 0.6) is 0 Å². The fourth-order valence-corrected chi connectivity index (χ4v) is 7.35. The minimum absolute atomic E-state index is 0.0405. The number of likely N-dealkylation sites (tertiary alicyclic amines) is 1. The van der Waals surface area contributed by atoms with Gasteiger partial charge in [-0.25, -0.2) is 9.18 Å². The fourth-order valence-electron chi connectivity index (χ4n) is 6.17. The highest BCUT2D eigenvalue weighted by Gasteiger charge is 2.41. The first-order chi connectivity index (χ1) is 21.6. The highest BCUT2D eigenvalue weighted by molar-refractivity contribution is 7.12. The Morgan fingerprint density at radius 2 is 1.98 bits per heavy atom. The van der Waals surface area contributed by atoms with E-state index in [2.05, 4.69) is 11.2 Å². The van der Waals surface area contributed by atoms with E-state index in [-0.39, 0.29) is 48.3 Å². The van der Waals surface area contributed by atoms with Crippen molar-refractivity contribution in [2.75, 3.05) is 13.1 Å². The highest BCUT2D eigenvalue weighted by atomic mass is 32.1. The van der Waals surface area contributed by atoms with Gasteiger partial charge in [-0.2, -0.15) is 23.5 Å². The highest BCUT2D eigenvalue weighted by Crippen LogP contribution is 2.46. The van der Waals surface area contributed by atoms with Gasteiger partial charge < -0.3 is 14.5 Å². The summed E-state index contributed by atoms with van der Waals surface area (Å²) < 4.78 is 64.8. The van der Waals surface area contributed by atoms with Crippen LogP contribution >= 0.6 is 11.3 Å². The monoisotopic (exact) mass is 657 g/mol. The zero-order valence-corrected chi connectivity index (χ0v) is 27.1. The number of ether oxygens (including phenoxy) is 1. The first-order valence-electron chi connectivity index (χ1n) is 15.0. The van der Waals surface area contributed by atoms with Gasteiger partial charge in [0.05, 0.1) is 12.6 Å². The Labute approximate surface area is 268 Å². The number of nitrogens with zero attached hydrogens (tertiary/aromatic N) is 5. The average Bonchev–Trinajstić information content (AvgIpc) is 3.71. The van der Waals surface area contributed by atoms with Crippen LogP contribution in [0.4, 0.5) is 22.4 Å². The lowest BCUT2D eigenvalue weighted by atomic mass is 9.81. The Morgan fingerprint density at radius 1 is 1.24 bits per heavy atom. The second-order valence-corrected chi connectivity index (χ2v) is 13.6. The molecule has 0 N–H and O–H groups in total. The van der Waals surface area contributed by atoms with Crippen molar-refractivity contribution in [3.05, 3.63) is 74.5 Å². The van der Waals surface area contributed by atoms with Crippen LogP contribution in [0.25, 0.3) is 11.1 Å². The molecule has 2 aromatic heterocycles. The summed E-state index contributed by atoms with van der Waals surface area (Å²) in [5.41, 5.74) is -0.853. The summed E-state index contributed by atoms with van der Waals surface area (Å²) >= 11 is 1.22. The van der Waals surface area contributed by atoms with Gasteiger partial charge >= 0.3 is 12.3 Å². The first-order valence-corrected chi connectivity index (χ1v) is 15.9. The molecule has 0 aliphatic carbocycles. The van der Waals surface area contributed by atoms with Gasteiger partial charge in [0.25, 0.3) is 0 Å². The number of nitriles is 1. The molecule has 8 nitrogen and oxygen atoms in total. The summed E-state index contributed by atoms with van der Waals surface area (Å²) in [5.74, 6) is -1.94. The third kappa shape index (κ3) is 6.54. The van der Waals surface area contributed by atoms with Crippen molar-refractivity contribution in [1.29, 1.82) is 5.26 Å². The largest absolute Gasteiger partial charge is 0.444 e. The predicted octanol–water partition coefficient (Wildman–Crippen LogP) is 7.40. The Kier molecular flexibility index (Phi) is 9.05. The van der Waals surface area contributed by atoms with E-state index in [1.807, 2.05) is 0 Å². The lowest BCUT2D eigenvalue weighted by Gasteiger charge is -2.34. The molecule has 2 aliphatic heterocycles. The third-order valence-electron chi connectivity index (χ3n) is 8.20. The zero-order chi connectivity index (χ0) is 33.6. The number of rotatable bonds is 5. The summed E-state index contributed by atoms with van der Waals surface area (Å²) in [4.78, 5) is 30.7. The molecule has 0 radical (unpaired) electrons. The van der Waals surface area contributed by atoms with Crippen molar-refractivity contribution in [2.45, 2.75) is 84.3 Å². The van der Waals surface area contributed by atoms with E-state index in [0.717, 1.165) is 17.2 Å². The van der Waals surface area contributed by atoms with Crippen LogP contribution in [0.15, 0.2) is 36.5 Å². The Hall–Kier alpha value is -4.18. The van der Waals surface area contributed by atoms with Crippen LogP contribution in [0.2, 0.25) is 0 Å². The van der Waals surface area contributed by atoms with E-state index in [9.17, 15) is 28.0 Å². The number of hydrogen-bond acceptors (Lipinski definition) is 6. The Morgan fingerprint density at radius 3 is 2.63 bits per heavy atom. The summed E-state index contributed by atoms with van der Waals surface area (Å²) in [6, 6.07) is 5.95. The van der Waals surface area contributed by atoms with E-state index in [4.69, 9.17) is 4.74 Å². The fraction of sp³-hybridized carbons (Fsp3) is 0.455. The Balaban J connectivity index is 1.53. The number of hydrogen-bond donors (Lipinski definition) is 0. The van der Waals surface area contributed by atoms with Gasteiger partial charge in [0.2, 0.25) is 5.91 Å². The molecule has 1 aromatic carbocycles. The summed E-state index contributed by atoms with van der Waals surface area (Å²) in [5, 5.41) is 13.5. The van der Waals surface area contributed by atoms with Gasteiger partial charge in [-0.05, 0) is 70.2 Å². The number of thiophene rings is 1. The van der Waals surface area contributed by atoms with E-state index in [1.165, 1.54) is 29.7 Å². The van der Waals surface area contributed by atoms with Gasteiger partial charge in [-0.3, -0.25) is 9.48 Å². The van der Waals surface area contributed by atoms with Crippen LogP contribution < -0.4 is 0 Å². The van der Waals surface area contributed by atoms with E-state index >= 15 is 4.39 Å². The van der Waals surface area contributed by atoms with Gasteiger partial charge in [0.1, 0.15) is 22.4 Å². The molecule has 2 aliphatic rings. The van der Waals surface area contributed by atoms with E-state index < -0.39 is 35.3 Å². The average molecular weight is 658 g/mol. The number of carbonyl (C=O) groups excluding carboxylic acids is 2. The van der Waals surface area contributed by atoms with Gasteiger partial charge in [0.15, 0.2) is 5.69 Å². The summed E-state index contributed by atoms with van der Waals surface area (Å²) in [6.07, 6.45) is 0.382. The second kappa shape index (κ2) is 12.5. The molecule has 46 heavy (non-hydrogen) atoms. The molecular weight excluding hydrogens is 622 g/mol. The normalized spacial score (nSPS) is 18.6. The zero-order valence-electron chi connectivity index (χ0n) is 26.2. The van der Waals surface area contributed by atoms with Crippen molar-refractivity contribution < 1.29 is 31.9 Å². The molecule has 5 rings (SSSR count). The second-order valence-electron chi connectivity index (χ2n) is 12.5. The van der Waals surface area contributed by atoms with Crippen LogP contribution in [-0.4, -0.2) is 56.3 Å². The Bertz CT molecular complexity index is 1730. The molecule has 0 unspecified atom stereocenters. The molecule has 2 amide bonds. The van der Waals surface area contributed by atoms with Crippen LogP contribution in [-0.2, 0) is 28.8 Å². The standard InChI is InChI=1S/C33H35F4N5O3S/c1-6-41-17-23(30(39-41)33(35,36)37)29-21(10-7-11-24(29)34)22-16-40(18-26-28(22)19(2)25(15-38)46-26)27(43)13-12-20-9-8-14-42(20)31(44)45-32(3,4)5/h7,10-13,17,20,22H,6,8-9,14,16,18H2,1-5H3/b13-12+/t20-,22-/m0/s1. The van der Waals surface area contributed by atoms with Gasteiger partial charge in [0, 0.05) is 53.8 Å². The molecule has 1 saturated heterocycles. The van der Waals surface area contributed by atoms with E-state index in [0.29, 0.717) is 33.8 Å². The summed E-state index contributed by atoms with van der Waals surface area (Å²) in [6.45, 7) is 9.61. The smallest absolute Gasteiger partial charge is 0.435 e. The third-order valence-corrected chi connectivity index (χ3v) is 9.40. The van der Waals surface area contributed by atoms with Crippen molar-refractivity contribution in [2.24, 2.45) is 0 Å². The number of aromatic nitrogens is 2. The van der Waals surface area contributed by atoms with Gasteiger partial charge in [-0.1, -0.05) is 18.2 Å². The quantitative estimate of drug-likeness (QED) is 0.211. The van der Waals surface area contributed by atoms with Crippen LogP contribution in [0, 0.1) is 24.1 Å². The molecule has 13 heteroatoms. The number of halogens is 4. The molecule has 3 aromatic rings. The molecule has 2 atom stereocenters. The van der Waals surface area contributed by atoms with Crippen LogP contribution in [0.3, 0.4) is 0 Å². The maximum absolute atomic E-state index is 15.7. The number of amides is 2.